The Balaban J connectivity index is 1.40. The Morgan fingerprint density at radius 1 is 0.762 bits per heavy atom. The molecule has 2 bridgehead atoms. The van der Waals surface area contributed by atoms with Gasteiger partial charge in [0.1, 0.15) is 11.6 Å². The number of hydrogen-bond donors (Lipinski definition) is 2. The molecule has 6 nitrogen and oxygen atoms in total. The van der Waals surface area contributed by atoms with Crippen LogP contribution in [0.5, 0.6) is 11.5 Å². The number of rotatable bonds is 8. The lowest BCUT2D eigenvalue weighted by Gasteiger charge is -2.50. The molecule has 230 valence electrons. The second-order valence-electron chi connectivity index (χ2n) is 11.5. The van der Waals surface area contributed by atoms with Gasteiger partial charge in [-0.1, -0.05) is 63.0 Å². The number of carbonyl (C=O) groups excluding carboxylic acids is 2. The van der Waals surface area contributed by atoms with Crippen molar-refractivity contribution in [3.05, 3.63) is 58.6 Å². The van der Waals surface area contributed by atoms with Crippen LogP contribution in [0, 0.1) is 29.2 Å². The summed E-state index contributed by atoms with van der Waals surface area (Å²) in [5.74, 6) is -5.17. The molecule has 0 radical (unpaired) electrons. The fourth-order valence-electron chi connectivity index (χ4n) is 6.05. The van der Waals surface area contributed by atoms with Crippen LogP contribution in [0.1, 0.15) is 77.0 Å². The van der Waals surface area contributed by atoms with Crippen LogP contribution in [0.25, 0.3) is 0 Å². The van der Waals surface area contributed by atoms with Gasteiger partial charge in [0.05, 0.1) is 5.02 Å². The van der Waals surface area contributed by atoms with E-state index in [-0.39, 0.29) is 29.3 Å². The normalized spacial score (nSPS) is 23.2. The zero-order chi connectivity index (χ0) is 30.1. The van der Waals surface area contributed by atoms with Crippen LogP contribution in [0.15, 0.2) is 30.3 Å². The molecule has 2 aromatic carbocycles. The highest BCUT2D eigenvalue weighted by atomic mass is 35.5. The molecule has 0 spiro atoms. The van der Waals surface area contributed by atoms with Crippen molar-refractivity contribution in [2.24, 2.45) is 5.92 Å². The third-order valence-electron chi connectivity index (χ3n) is 8.03. The Morgan fingerprint density at radius 3 is 2.12 bits per heavy atom. The van der Waals surface area contributed by atoms with Crippen molar-refractivity contribution in [3.63, 3.8) is 0 Å². The highest BCUT2D eigenvalue weighted by molar-refractivity contribution is 6.30. The van der Waals surface area contributed by atoms with E-state index in [2.05, 4.69) is 10.6 Å². The monoisotopic (exact) mass is 612 g/mol. The minimum Gasteiger partial charge on any atom is -0.484 e. The lowest BCUT2D eigenvalue weighted by atomic mass is 9.63. The first-order chi connectivity index (χ1) is 20.1. The molecule has 2 amide bonds. The summed E-state index contributed by atoms with van der Waals surface area (Å²) in [6, 6.07) is 4.60. The van der Waals surface area contributed by atoms with E-state index < -0.39 is 47.1 Å². The van der Waals surface area contributed by atoms with E-state index >= 15 is 0 Å². The van der Waals surface area contributed by atoms with Crippen molar-refractivity contribution in [1.82, 2.24) is 10.6 Å². The maximum Gasteiger partial charge on any atom is 0.258 e. The van der Waals surface area contributed by atoms with Crippen LogP contribution in [-0.2, 0) is 9.59 Å². The van der Waals surface area contributed by atoms with Crippen molar-refractivity contribution in [1.29, 1.82) is 0 Å². The molecule has 3 saturated carbocycles. The molecule has 0 aromatic heterocycles. The minimum absolute atomic E-state index is 0.0422. The van der Waals surface area contributed by atoms with E-state index in [1.165, 1.54) is 31.4 Å². The van der Waals surface area contributed by atoms with Gasteiger partial charge in [0, 0.05) is 29.8 Å². The molecule has 2 aromatic rings. The first kappa shape index (κ1) is 31.9. The number of hydrogen-bond acceptors (Lipinski definition) is 4. The van der Waals surface area contributed by atoms with Crippen molar-refractivity contribution < 1.29 is 36.6 Å². The van der Waals surface area contributed by atoms with E-state index in [1.807, 2.05) is 0 Å². The van der Waals surface area contributed by atoms with Crippen molar-refractivity contribution in [3.8, 4) is 11.5 Å². The van der Waals surface area contributed by atoms with Gasteiger partial charge in [-0.2, -0.15) is 0 Å². The molecule has 11 heteroatoms. The molecule has 0 saturated heterocycles. The predicted octanol–water partition coefficient (Wildman–Crippen LogP) is 7.02. The van der Waals surface area contributed by atoms with Gasteiger partial charge < -0.3 is 20.1 Å². The topological polar surface area (TPSA) is 76.7 Å². The summed E-state index contributed by atoms with van der Waals surface area (Å²) >= 11 is 5.72. The Kier molecular flexibility index (Phi) is 11.4. The second kappa shape index (κ2) is 14.9. The lowest BCUT2D eigenvalue weighted by Crippen LogP contribution is -2.61. The standard InChI is InChI=1S/C31H37ClF4N2O4/c32-23-11-10-22(12-24(23)33)41-19-30(40)38-31-15-20(16-31)8-6-4-2-1-3-5-7-9-21(17-31)37-29(39)18-42-28-14-26(35)25(34)13-27(28)36/h10-14,20-21H,1-9,15-19H2,(H,37,39)(H,38,40). The zero-order valence-corrected chi connectivity index (χ0v) is 24.2. The van der Waals surface area contributed by atoms with Gasteiger partial charge in [-0.25, -0.2) is 17.6 Å². The van der Waals surface area contributed by atoms with Gasteiger partial charge in [-0.3, -0.25) is 9.59 Å². The van der Waals surface area contributed by atoms with Gasteiger partial charge in [0.15, 0.2) is 36.4 Å². The summed E-state index contributed by atoms with van der Waals surface area (Å²) in [4.78, 5) is 25.8. The number of ether oxygens (including phenoxy) is 2. The third kappa shape index (κ3) is 9.24. The number of fused-ring (bicyclic) bond motifs is 10. The highest BCUT2D eigenvalue weighted by Crippen LogP contribution is 2.44. The fourth-order valence-corrected chi connectivity index (χ4v) is 6.17. The average molecular weight is 613 g/mol. The van der Waals surface area contributed by atoms with Crippen molar-refractivity contribution >= 4 is 23.4 Å². The molecule has 2 N–H and O–H groups in total. The molecule has 0 aliphatic heterocycles. The molecule has 1 atom stereocenters. The fraction of sp³-hybridized carbons (Fsp3) is 0.548. The number of benzene rings is 2. The van der Waals surface area contributed by atoms with Crippen LogP contribution in [0.4, 0.5) is 17.6 Å². The molecule has 3 aliphatic rings. The van der Waals surface area contributed by atoms with Gasteiger partial charge in [0.2, 0.25) is 0 Å². The summed E-state index contributed by atoms with van der Waals surface area (Å²) in [5.41, 5.74) is -0.550. The Labute approximate surface area is 248 Å². The Morgan fingerprint density at radius 2 is 1.40 bits per heavy atom. The molecule has 1 unspecified atom stereocenters. The maximum atomic E-state index is 14.0. The van der Waals surface area contributed by atoms with E-state index in [9.17, 15) is 27.2 Å². The highest BCUT2D eigenvalue weighted by Gasteiger charge is 2.46. The lowest BCUT2D eigenvalue weighted by molar-refractivity contribution is -0.127. The smallest absolute Gasteiger partial charge is 0.258 e. The maximum absolute atomic E-state index is 14.0. The summed E-state index contributed by atoms with van der Waals surface area (Å²) < 4.78 is 65.1. The quantitative estimate of drug-likeness (QED) is 0.248. The molecule has 3 aliphatic carbocycles. The van der Waals surface area contributed by atoms with E-state index in [1.54, 1.807) is 0 Å². The first-order valence-electron chi connectivity index (χ1n) is 14.6. The van der Waals surface area contributed by atoms with Crippen LogP contribution >= 0.6 is 11.6 Å². The van der Waals surface area contributed by atoms with Crippen LogP contribution in [-0.4, -0.2) is 36.6 Å². The molecular weight excluding hydrogens is 576 g/mol. The summed E-state index contributed by atoms with van der Waals surface area (Å²) in [5, 5.41) is 6.03. The number of carbonyl (C=O) groups is 2. The van der Waals surface area contributed by atoms with E-state index in [0.29, 0.717) is 30.9 Å². The number of nitrogens with one attached hydrogen (secondary N) is 2. The minimum atomic E-state index is -1.35. The van der Waals surface area contributed by atoms with Crippen LogP contribution < -0.4 is 20.1 Å². The molecule has 3 fully saturated rings. The number of halogens is 5. The second-order valence-corrected chi connectivity index (χ2v) is 11.9. The van der Waals surface area contributed by atoms with Crippen LogP contribution in [0.3, 0.4) is 0 Å². The Hall–Kier alpha value is -3.01. The summed E-state index contributed by atoms with van der Waals surface area (Å²) in [6.45, 7) is -0.885. The zero-order valence-electron chi connectivity index (χ0n) is 23.5. The SMILES string of the molecule is O=C(COc1cc(F)c(F)cc1F)NC1CCCCCCCCCC2CC(NC(=O)COc3ccc(Cl)c(F)c3)(C2)C1. The summed E-state index contributed by atoms with van der Waals surface area (Å²) in [7, 11) is 0. The van der Waals surface area contributed by atoms with Crippen molar-refractivity contribution in [2.45, 2.75) is 88.6 Å². The van der Waals surface area contributed by atoms with Gasteiger partial charge >= 0.3 is 0 Å². The van der Waals surface area contributed by atoms with E-state index in [0.717, 1.165) is 51.0 Å². The molecule has 42 heavy (non-hydrogen) atoms. The number of amides is 2. The Bertz CT molecular complexity index is 1240. The van der Waals surface area contributed by atoms with Crippen molar-refractivity contribution in [2.75, 3.05) is 13.2 Å². The predicted molar refractivity (Wildman–Crippen MR) is 150 cm³/mol. The van der Waals surface area contributed by atoms with Gasteiger partial charge in [0.25, 0.3) is 11.8 Å². The third-order valence-corrected chi connectivity index (χ3v) is 8.33. The van der Waals surface area contributed by atoms with E-state index in [4.69, 9.17) is 21.1 Å². The largest absolute Gasteiger partial charge is 0.484 e. The molecule has 0 heterocycles. The average Bonchev–Trinajstić information content (AvgIpc) is 2.92. The van der Waals surface area contributed by atoms with Gasteiger partial charge in [-0.15, -0.1) is 0 Å². The van der Waals surface area contributed by atoms with Crippen LogP contribution in [0.2, 0.25) is 5.02 Å². The molecular formula is C31H37ClF4N2O4. The molecule has 5 rings (SSSR count). The first-order valence-corrected chi connectivity index (χ1v) is 15.0. The van der Waals surface area contributed by atoms with Gasteiger partial charge in [-0.05, 0) is 43.7 Å². The summed E-state index contributed by atoms with van der Waals surface area (Å²) in [6.07, 6.45) is 11.4.